The van der Waals surface area contributed by atoms with Gasteiger partial charge < -0.3 is 29.4 Å². The molecule has 2 N–H and O–H groups in total. The number of rotatable bonds is 13. The van der Waals surface area contributed by atoms with E-state index in [1.54, 1.807) is 14.2 Å². The Bertz CT molecular complexity index is 1350. The smallest absolute Gasteiger partial charge is 0.313 e. The molecule has 0 heterocycles. The SMILES string of the molecule is C=C(C)C.CCCN(CCNC12CCC[C@@H]1C1CCC3C(C)(CCC4C(C)(C)C(C5=CC(C(=O)OC)C(C=O)C5)=CCC43C)C1CC2)CCOCO.COC. The summed E-state index contributed by atoms with van der Waals surface area (Å²) in [6.07, 6.45) is 20.6. The van der Waals surface area contributed by atoms with Crippen LogP contribution in [-0.4, -0.2) is 88.7 Å². The lowest BCUT2D eigenvalue weighted by Gasteiger charge is -2.68. The Kier molecular flexibility index (Phi) is 16.5. The highest BCUT2D eigenvalue weighted by atomic mass is 16.6. The van der Waals surface area contributed by atoms with Crippen molar-refractivity contribution in [2.45, 2.75) is 131 Å². The highest BCUT2D eigenvalue weighted by molar-refractivity contribution is 5.80. The summed E-state index contributed by atoms with van der Waals surface area (Å²) in [7, 11) is 4.68. The third kappa shape index (κ3) is 9.56. The van der Waals surface area contributed by atoms with E-state index >= 15 is 0 Å². The zero-order valence-electron chi connectivity index (χ0n) is 36.6. The van der Waals surface area contributed by atoms with E-state index < -0.39 is 5.92 Å². The van der Waals surface area contributed by atoms with Crippen molar-refractivity contribution in [1.29, 1.82) is 0 Å². The number of fused-ring (bicyclic) bond motifs is 7. The first-order valence-corrected chi connectivity index (χ1v) is 21.8. The van der Waals surface area contributed by atoms with Gasteiger partial charge in [0.25, 0.3) is 0 Å². The molecule has 6 aliphatic rings. The molecule has 4 saturated carbocycles. The summed E-state index contributed by atoms with van der Waals surface area (Å²) in [5, 5.41) is 13.3. The number of hydrogen-bond donors (Lipinski definition) is 2. The van der Waals surface area contributed by atoms with Crippen LogP contribution in [0.1, 0.15) is 126 Å². The molecule has 10 atom stereocenters. The lowest BCUT2D eigenvalue weighted by atomic mass is 9.37. The van der Waals surface area contributed by atoms with E-state index in [1.165, 1.54) is 81.6 Å². The molecule has 0 saturated heterocycles. The van der Waals surface area contributed by atoms with Gasteiger partial charge in [0.15, 0.2) is 0 Å². The van der Waals surface area contributed by atoms with Crippen molar-refractivity contribution >= 4 is 12.3 Å². The van der Waals surface area contributed by atoms with Crippen molar-refractivity contribution in [2.24, 2.45) is 57.7 Å². The second kappa shape index (κ2) is 19.7. The second-order valence-corrected chi connectivity index (χ2v) is 19.4. The van der Waals surface area contributed by atoms with Crippen LogP contribution in [0.25, 0.3) is 0 Å². The minimum atomic E-state index is -0.456. The van der Waals surface area contributed by atoms with Gasteiger partial charge in [0.1, 0.15) is 13.1 Å². The number of carbonyl (C=O) groups is 2. The Morgan fingerprint density at radius 3 is 2.31 bits per heavy atom. The molecular formula is C47H80N2O6. The third-order valence-corrected chi connectivity index (χ3v) is 15.5. The van der Waals surface area contributed by atoms with Crippen molar-refractivity contribution in [1.82, 2.24) is 10.2 Å². The van der Waals surface area contributed by atoms with Crippen LogP contribution in [0.4, 0.5) is 0 Å². The monoisotopic (exact) mass is 769 g/mol. The minimum absolute atomic E-state index is 0.00241. The number of hydrogen-bond acceptors (Lipinski definition) is 8. The van der Waals surface area contributed by atoms with E-state index in [9.17, 15) is 9.59 Å². The highest BCUT2D eigenvalue weighted by Crippen LogP contribution is 2.72. The zero-order valence-corrected chi connectivity index (χ0v) is 36.6. The number of ether oxygens (including phenoxy) is 3. The molecule has 9 unspecified atom stereocenters. The maximum absolute atomic E-state index is 12.5. The quantitative estimate of drug-likeness (QED) is 0.0632. The first-order chi connectivity index (χ1) is 26.1. The summed E-state index contributed by atoms with van der Waals surface area (Å²) >= 11 is 0. The Hall–Kier alpha value is -1.84. The van der Waals surface area contributed by atoms with E-state index in [0.717, 1.165) is 69.0 Å². The molecule has 0 aromatic rings. The Morgan fingerprint density at radius 1 is 0.964 bits per heavy atom. The highest BCUT2D eigenvalue weighted by Gasteiger charge is 2.65. The standard InChI is InChI=1S/C41H66N2O5.C4H8.C2H6O/c1-7-20-43(22-23-48-27-45)21-19-42-41-15-8-9-34(41)30-10-11-36-39(4,33(30)13-18-41)17-14-35-38(2,3)32(12-16-40(35,36)5)28-24-29(26-44)31(25-28)37(46)47-6;1-4(2)3;1-3-2/h12,25-26,29-31,33-36,42,45H,7-11,13-24,27H2,1-6H3;1H2,2-3H3;1-2H3/t29?,30?,31?,33?,34-,35?,36?,39?,40?,41?;;/m1../s1. The molecule has 0 spiro atoms. The summed E-state index contributed by atoms with van der Waals surface area (Å²) in [6.45, 7) is 24.5. The molecule has 0 aliphatic heterocycles. The van der Waals surface area contributed by atoms with Gasteiger partial charge in [0.2, 0.25) is 0 Å². The van der Waals surface area contributed by atoms with Crippen molar-refractivity contribution < 1.29 is 28.9 Å². The third-order valence-electron chi connectivity index (χ3n) is 15.5. The number of aliphatic hydroxyl groups is 1. The van der Waals surface area contributed by atoms with Gasteiger partial charge in [-0.05, 0) is 148 Å². The number of methoxy groups -OCH3 is 2. The van der Waals surface area contributed by atoms with E-state index in [1.807, 2.05) is 13.8 Å². The zero-order chi connectivity index (χ0) is 40.6. The summed E-state index contributed by atoms with van der Waals surface area (Å²) in [6, 6.07) is 0. The van der Waals surface area contributed by atoms with Gasteiger partial charge in [-0.3, -0.25) is 9.69 Å². The van der Waals surface area contributed by atoms with E-state index in [-0.39, 0.29) is 29.5 Å². The lowest BCUT2D eigenvalue weighted by molar-refractivity contribution is -0.175. The number of aldehydes is 1. The van der Waals surface area contributed by atoms with Crippen molar-refractivity contribution in [3.8, 4) is 0 Å². The van der Waals surface area contributed by atoms with Crippen LogP contribution >= 0.6 is 0 Å². The summed E-state index contributed by atoms with van der Waals surface area (Å²) in [5.41, 5.74) is 4.73. The summed E-state index contributed by atoms with van der Waals surface area (Å²) in [4.78, 5) is 27.0. The van der Waals surface area contributed by atoms with Crippen LogP contribution < -0.4 is 5.32 Å². The van der Waals surface area contributed by atoms with Gasteiger partial charge in [-0.2, -0.15) is 0 Å². The molecule has 55 heavy (non-hydrogen) atoms. The first kappa shape index (κ1) is 45.9. The van der Waals surface area contributed by atoms with Crippen LogP contribution in [0.2, 0.25) is 0 Å². The minimum Gasteiger partial charge on any atom is -0.469 e. The molecule has 8 heteroatoms. The molecule has 4 fully saturated rings. The molecule has 0 bridgehead atoms. The van der Waals surface area contributed by atoms with Crippen LogP contribution in [-0.2, 0) is 23.8 Å². The number of esters is 1. The van der Waals surface area contributed by atoms with Crippen LogP contribution in [0.3, 0.4) is 0 Å². The normalized spacial score (nSPS) is 37.0. The Morgan fingerprint density at radius 2 is 1.67 bits per heavy atom. The van der Waals surface area contributed by atoms with Gasteiger partial charge in [-0.1, -0.05) is 58.8 Å². The lowest BCUT2D eigenvalue weighted by Crippen LogP contribution is -2.64. The Balaban J connectivity index is 0.000000890. The molecular weight excluding hydrogens is 689 g/mol. The topological polar surface area (TPSA) is 97.3 Å². The van der Waals surface area contributed by atoms with Crippen molar-refractivity contribution in [2.75, 3.05) is 60.9 Å². The Labute approximate surface area is 335 Å². The fourth-order valence-corrected chi connectivity index (χ4v) is 13.5. The maximum atomic E-state index is 12.5. The number of nitrogens with one attached hydrogen (secondary N) is 1. The number of allylic oxidation sites excluding steroid dienone is 4. The van der Waals surface area contributed by atoms with Gasteiger partial charge in [0.05, 0.1) is 19.6 Å². The largest absolute Gasteiger partial charge is 0.469 e. The van der Waals surface area contributed by atoms with Crippen molar-refractivity contribution in [3.05, 3.63) is 35.5 Å². The predicted molar refractivity (Wildman–Crippen MR) is 223 cm³/mol. The number of nitrogens with zero attached hydrogens (tertiary/aromatic N) is 1. The fourth-order valence-electron chi connectivity index (χ4n) is 13.5. The second-order valence-electron chi connectivity index (χ2n) is 19.4. The van der Waals surface area contributed by atoms with Gasteiger partial charge in [-0.25, -0.2) is 0 Å². The fraction of sp³-hybridized carbons (Fsp3) is 0.830. The molecule has 0 aromatic heterocycles. The molecule has 6 rings (SSSR count). The van der Waals surface area contributed by atoms with Crippen LogP contribution in [0.5, 0.6) is 0 Å². The first-order valence-electron chi connectivity index (χ1n) is 21.8. The number of aliphatic hydroxyl groups excluding tert-OH is 1. The summed E-state index contributed by atoms with van der Waals surface area (Å²) < 4.78 is 14.6. The van der Waals surface area contributed by atoms with Crippen LogP contribution in [0, 0.1) is 57.7 Å². The molecule has 314 valence electrons. The van der Waals surface area contributed by atoms with E-state index in [2.05, 4.69) is 68.3 Å². The van der Waals surface area contributed by atoms with Gasteiger partial charge >= 0.3 is 5.97 Å². The van der Waals surface area contributed by atoms with E-state index in [4.69, 9.17) is 14.6 Å². The molecule has 6 aliphatic carbocycles. The number of carbonyl (C=O) groups excluding carboxylic acids is 2. The van der Waals surface area contributed by atoms with Gasteiger partial charge in [0, 0.05) is 45.3 Å². The van der Waals surface area contributed by atoms with E-state index in [0.29, 0.717) is 29.9 Å². The molecule has 0 amide bonds. The maximum Gasteiger partial charge on any atom is 0.313 e. The average Bonchev–Trinajstić information content (AvgIpc) is 3.76. The molecule has 0 radical (unpaired) electrons. The molecule has 8 nitrogen and oxygen atoms in total. The van der Waals surface area contributed by atoms with Crippen molar-refractivity contribution in [3.63, 3.8) is 0 Å². The van der Waals surface area contributed by atoms with Crippen LogP contribution in [0.15, 0.2) is 35.5 Å². The molecule has 0 aromatic carbocycles. The predicted octanol–water partition coefficient (Wildman–Crippen LogP) is 8.79. The average molecular weight is 769 g/mol. The summed E-state index contributed by atoms with van der Waals surface area (Å²) in [5.74, 6) is 2.72. The van der Waals surface area contributed by atoms with Gasteiger partial charge in [-0.15, -0.1) is 6.58 Å².